The number of hydrogen-bond donors (Lipinski definition) is 0. The van der Waals surface area contributed by atoms with Crippen LogP contribution in [0.4, 0.5) is 0 Å². The van der Waals surface area contributed by atoms with E-state index in [2.05, 4.69) is 4.74 Å². The number of Topliss-reactive ketones (excluding diaryl/α,β-unsaturated/α-hetero) is 2. The van der Waals surface area contributed by atoms with E-state index in [1.54, 1.807) is 24.3 Å². The second-order valence-corrected chi connectivity index (χ2v) is 3.65. The Morgan fingerprint density at radius 3 is 2.67 bits per heavy atom. The average Bonchev–Trinajstić information content (AvgIpc) is 2.81. The minimum atomic E-state index is -0.812. The van der Waals surface area contributed by atoms with Crippen molar-refractivity contribution >= 4 is 28.5 Å². The van der Waals surface area contributed by atoms with Crippen molar-refractivity contribution in [3.8, 4) is 0 Å². The fourth-order valence-electron chi connectivity index (χ4n) is 1.59. The van der Waals surface area contributed by atoms with Gasteiger partial charge in [0, 0.05) is 5.39 Å². The van der Waals surface area contributed by atoms with Gasteiger partial charge in [-0.25, -0.2) is 0 Å². The van der Waals surface area contributed by atoms with E-state index in [9.17, 15) is 14.4 Å². The Morgan fingerprint density at radius 1 is 1.22 bits per heavy atom. The molecule has 2 rings (SSSR count). The van der Waals surface area contributed by atoms with E-state index in [0.717, 1.165) is 7.11 Å². The van der Waals surface area contributed by atoms with Crippen LogP contribution in [0.3, 0.4) is 0 Å². The van der Waals surface area contributed by atoms with Crippen molar-refractivity contribution in [3.63, 3.8) is 0 Å². The maximum atomic E-state index is 11.9. The van der Waals surface area contributed by atoms with Crippen molar-refractivity contribution in [2.24, 2.45) is 0 Å². The highest BCUT2D eigenvalue weighted by Crippen LogP contribution is 2.21. The van der Waals surface area contributed by atoms with Crippen molar-refractivity contribution in [2.75, 3.05) is 7.11 Å². The Bertz CT molecular complexity index is 623. The fourth-order valence-corrected chi connectivity index (χ4v) is 1.59. The molecule has 92 valence electrons. The summed E-state index contributed by atoms with van der Waals surface area (Å²) in [6.45, 7) is 0. The van der Waals surface area contributed by atoms with Gasteiger partial charge in [-0.05, 0) is 6.07 Å². The molecule has 5 nitrogen and oxygen atoms in total. The van der Waals surface area contributed by atoms with Gasteiger partial charge in [0.25, 0.3) is 0 Å². The summed E-state index contributed by atoms with van der Waals surface area (Å²) < 4.78 is 9.50. The van der Waals surface area contributed by atoms with E-state index in [0.29, 0.717) is 11.0 Å². The molecule has 1 aromatic carbocycles. The summed E-state index contributed by atoms with van der Waals surface area (Å²) in [4.78, 5) is 34.4. The number of ether oxygens (including phenoxy) is 1. The second kappa shape index (κ2) is 4.83. The molecule has 0 atom stereocenters. The van der Waals surface area contributed by atoms with Crippen LogP contribution in [0.15, 0.2) is 34.9 Å². The normalized spacial score (nSPS) is 10.3. The lowest BCUT2D eigenvalue weighted by Crippen LogP contribution is -2.18. The summed E-state index contributed by atoms with van der Waals surface area (Å²) in [5, 5.41) is 0.556. The third-order valence-corrected chi connectivity index (χ3v) is 2.51. The highest BCUT2D eigenvalue weighted by atomic mass is 16.5. The van der Waals surface area contributed by atoms with Crippen molar-refractivity contribution in [3.05, 3.63) is 36.1 Å². The predicted octanol–water partition coefficient (Wildman–Crippen LogP) is 1.75. The first-order valence-electron chi connectivity index (χ1n) is 5.24. The van der Waals surface area contributed by atoms with E-state index in [4.69, 9.17) is 4.42 Å². The van der Waals surface area contributed by atoms with Gasteiger partial charge >= 0.3 is 5.97 Å². The molecule has 0 aliphatic heterocycles. The molecule has 0 saturated carbocycles. The van der Waals surface area contributed by atoms with Crippen LogP contribution in [0.1, 0.15) is 16.8 Å². The Labute approximate surface area is 102 Å². The lowest BCUT2D eigenvalue weighted by molar-refractivity contribution is -0.142. The molecule has 2 aromatic rings. The van der Waals surface area contributed by atoms with E-state index in [1.165, 1.54) is 6.26 Å². The molecule has 18 heavy (non-hydrogen) atoms. The third kappa shape index (κ3) is 2.15. The Hall–Kier alpha value is -2.43. The largest absolute Gasteiger partial charge is 0.469 e. The van der Waals surface area contributed by atoms with E-state index in [-0.39, 0.29) is 5.56 Å². The molecule has 1 heterocycles. The quantitative estimate of drug-likeness (QED) is 0.355. The van der Waals surface area contributed by atoms with Crippen LogP contribution < -0.4 is 0 Å². The van der Waals surface area contributed by atoms with Crippen molar-refractivity contribution in [1.82, 2.24) is 0 Å². The summed E-state index contributed by atoms with van der Waals surface area (Å²) in [5.41, 5.74) is 0.686. The molecule has 5 heteroatoms. The number of hydrogen-bond acceptors (Lipinski definition) is 5. The Kier molecular flexibility index (Phi) is 3.23. The second-order valence-electron chi connectivity index (χ2n) is 3.65. The number of esters is 1. The van der Waals surface area contributed by atoms with Gasteiger partial charge in [-0.15, -0.1) is 0 Å². The monoisotopic (exact) mass is 246 g/mol. The third-order valence-electron chi connectivity index (χ3n) is 2.51. The number of fused-ring (bicyclic) bond motifs is 1. The molecule has 0 amide bonds. The van der Waals surface area contributed by atoms with Crippen LogP contribution >= 0.6 is 0 Å². The predicted molar refractivity (Wildman–Crippen MR) is 62.2 cm³/mol. The van der Waals surface area contributed by atoms with E-state index in [1.807, 2.05) is 0 Å². The van der Waals surface area contributed by atoms with Crippen LogP contribution in [0.2, 0.25) is 0 Å². The molecule has 0 saturated heterocycles. The minimum absolute atomic E-state index is 0.166. The number of ketones is 2. The number of benzene rings is 1. The number of carbonyl (C=O) groups is 3. The van der Waals surface area contributed by atoms with Gasteiger partial charge in [-0.2, -0.15) is 0 Å². The first-order valence-corrected chi connectivity index (χ1v) is 5.24. The van der Waals surface area contributed by atoms with Crippen molar-refractivity contribution in [2.45, 2.75) is 6.42 Å². The van der Waals surface area contributed by atoms with Crippen LogP contribution in [0, 0.1) is 0 Å². The number of methoxy groups -OCH3 is 1. The summed E-state index contributed by atoms with van der Waals surface area (Å²) in [6, 6.07) is 6.87. The number of para-hydroxylation sites is 1. The molecular formula is C13H10O5. The van der Waals surface area contributed by atoms with Crippen LogP contribution in [0.5, 0.6) is 0 Å². The van der Waals surface area contributed by atoms with Gasteiger partial charge in [0.2, 0.25) is 11.6 Å². The highest BCUT2D eigenvalue weighted by molar-refractivity contribution is 6.47. The average molecular weight is 246 g/mol. The summed E-state index contributed by atoms with van der Waals surface area (Å²) in [6.07, 6.45) is 0.664. The molecular weight excluding hydrogens is 236 g/mol. The van der Waals surface area contributed by atoms with Gasteiger partial charge in [-0.1, -0.05) is 18.2 Å². The zero-order valence-corrected chi connectivity index (χ0v) is 9.64. The standard InChI is InChI=1S/C13H10O5/c1-17-12(15)6-10(14)13(16)9-7-18-11-5-3-2-4-8(9)11/h2-5,7H,6H2,1H3. The molecule has 0 unspecified atom stereocenters. The number of rotatable bonds is 4. The Morgan fingerprint density at radius 2 is 1.94 bits per heavy atom. The van der Waals surface area contributed by atoms with Gasteiger partial charge in [-0.3, -0.25) is 14.4 Å². The molecule has 0 aliphatic carbocycles. The van der Waals surface area contributed by atoms with E-state index >= 15 is 0 Å². The lowest BCUT2D eigenvalue weighted by Gasteiger charge is -1.97. The van der Waals surface area contributed by atoms with Gasteiger partial charge in [0.1, 0.15) is 18.3 Å². The van der Waals surface area contributed by atoms with Gasteiger partial charge in [0.15, 0.2) is 0 Å². The van der Waals surface area contributed by atoms with Crippen molar-refractivity contribution in [1.29, 1.82) is 0 Å². The number of carbonyl (C=O) groups excluding carboxylic acids is 3. The van der Waals surface area contributed by atoms with Gasteiger partial charge < -0.3 is 9.15 Å². The van der Waals surface area contributed by atoms with Crippen LogP contribution in [0.25, 0.3) is 11.0 Å². The fraction of sp³-hybridized carbons (Fsp3) is 0.154. The molecule has 0 aliphatic rings. The summed E-state index contributed by atoms with van der Waals surface area (Å²) in [7, 11) is 1.16. The minimum Gasteiger partial charge on any atom is -0.469 e. The first kappa shape index (κ1) is 12.0. The van der Waals surface area contributed by atoms with Crippen molar-refractivity contribution < 1.29 is 23.5 Å². The van der Waals surface area contributed by atoms with Crippen LogP contribution in [-0.2, 0) is 14.3 Å². The Balaban J connectivity index is 2.29. The molecule has 0 spiro atoms. The molecule has 1 aromatic heterocycles. The zero-order chi connectivity index (χ0) is 13.1. The van der Waals surface area contributed by atoms with Crippen LogP contribution in [-0.4, -0.2) is 24.6 Å². The molecule has 0 bridgehead atoms. The topological polar surface area (TPSA) is 73.6 Å². The number of furan rings is 1. The van der Waals surface area contributed by atoms with Gasteiger partial charge in [0.05, 0.1) is 12.7 Å². The maximum Gasteiger partial charge on any atom is 0.313 e. The lowest BCUT2D eigenvalue weighted by atomic mass is 10.0. The first-order chi connectivity index (χ1) is 8.63. The zero-order valence-electron chi connectivity index (χ0n) is 9.64. The molecule has 0 radical (unpaired) electrons. The SMILES string of the molecule is COC(=O)CC(=O)C(=O)c1coc2ccccc12. The molecule has 0 fully saturated rings. The van der Waals surface area contributed by atoms with E-state index < -0.39 is 24.0 Å². The summed E-state index contributed by atoms with van der Waals surface area (Å²) >= 11 is 0. The smallest absolute Gasteiger partial charge is 0.313 e. The summed E-state index contributed by atoms with van der Waals surface area (Å²) in [5.74, 6) is -2.29. The maximum absolute atomic E-state index is 11.9. The highest BCUT2D eigenvalue weighted by Gasteiger charge is 2.23. The molecule has 0 N–H and O–H groups in total.